The summed E-state index contributed by atoms with van der Waals surface area (Å²) in [5.41, 5.74) is 9.22. The number of aryl methyl sites for hydroxylation is 1. The number of hydrogen-bond acceptors (Lipinski definition) is 10. The fourth-order valence-corrected chi connectivity index (χ4v) is 5.53. The molecule has 36 heavy (non-hydrogen) atoms. The number of aliphatic hydroxyl groups is 1. The molecule has 8 nitrogen and oxygen atoms in total. The van der Waals surface area contributed by atoms with Crippen LogP contribution in [-0.4, -0.2) is 33.3 Å². The highest BCUT2D eigenvalue weighted by Crippen LogP contribution is 2.38. The Labute approximate surface area is 221 Å². The van der Waals surface area contributed by atoms with E-state index >= 15 is 0 Å². The molecule has 0 aliphatic carbocycles. The van der Waals surface area contributed by atoms with Gasteiger partial charge in [0.05, 0.1) is 17.9 Å². The first-order valence-electron chi connectivity index (χ1n) is 10.6. The lowest BCUT2D eigenvalue weighted by Crippen LogP contribution is -2.05. The average molecular weight is 535 g/mol. The van der Waals surface area contributed by atoms with Crippen LogP contribution in [0.4, 0.5) is 5.82 Å². The molecule has 3 aromatic heterocycles. The largest absolute Gasteiger partial charge is 0.475 e. The molecule has 1 aromatic carbocycles. The normalized spacial score (nSPS) is 10.6. The molecule has 0 saturated heterocycles. The minimum absolute atomic E-state index is 0.0338. The minimum atomic E-state index is -0.137. The predicted molar refractivity (Wildman–Crippen MR) is 141 cm³/mol. The van der Waals surface area contributed by atoms with E-state index in [-0.39, 0.29) is 30.2 Å². The number of nitriles is 2. The maximum absolute atomic E-state index is 10.0. The van der Waals surface area contributed by atoms with Gasteiger partial charge >= 0.3 is 0 Å². The molecule has 0 radical (unpaired) electrons. The molecule has 0 bridgehead atoms. The number of nitrogens with two attached hydrogens (primary N) is 1. The molecular weight excluding hydrogens is 516 g/mol. The Morgan fingerprint density at radius 2 is 1.81 bits per heavy atom. The Balaban J connectivity index is 1.66. The van der Waals surface area contributed by atoms with Crippen LogP contribution < -0.4 is 10.5 Å². The van der Waals surface area contributed by atoms with E-state index in [4.69, 9.17) is 32.2 Å². The molecule has 0 unspecified atom stereocenters. The fraction of sp³-hybridized carbons (Fsp3) is 0.160. The molecular formula is C25H19ClN6O2S2. The number of benzene rings is 1. The summed E-state index contributed by atoms with van der Waals surface area (Å²) >= 11 is 8.91. The molecule has 3 N–H and O–H groups in total. The number of thioether (sulfide) groups is 1. The van der Waals surface area contributed by atoms with Crippen molar-refractivity contribution in [2.45, 2.75) is 17.7 Å². The Morgan fingerprint density at radius 1 is 1.08 bits per heavy atom. The van der Waals surface area contributed by atoms with Crippen LogP contribution in [0.3, 0.4) is 0 Å². The molecule has 0 aliphatic rings. The zero-order valence-electron chi connectivity index (χ0n) is 19.0. The smallest absolute Gasteiger partial charge is 0.213 e. The number of halogens is 1. The van der Waals surface area contributed by atoms with Crippen LogP contribution in [-0.2, 0) is 5.75 Å². The molecule has 0 fully saturated rings. The van der Waals surface area contributed by atoms with Crippen LogP contribution in [0.25, 0.3) is 21.7 Å². The molecule has 0 amide bonds. The number of aromatic nitrogens is 3. The number of pyridine rings is 2. The van der Waals surface area contributed by atoms with Crippen LogP contribution in [0.5, 0.6) is 5.88 Å². The summed E-state index contributed by atoms with van der Waals surface area (Å²) in [5.74, 6) is 0.817. The second-order valence-corrected chi connectivity index (χ2v) is 10.0. The monoisotopic (exact) mass is 534 g/mol. The third kappa shape index (κ3) is 5.43. The summed E-state index contributed by atoms with van der Waals surface area (Å²) < 4.78 is 5.30. The van der Waals surface area contributed by atoms with Crippen molar-refractivity contribution in [2.24, 2.45) is 0 Å². The van der Waals surface area contributed by atoms with Gasteiger partial charge in [-0.15, -0.1) is 11.3 Å². The maximum Gasteiger partial charge on any atom is 0.213 e. The van der Waals surface area contributed by atoms with E-state index in [1.807, 2.05) is 31.2 Å². The highest BCUT2D eigenvalue weighted by molar-refractivity contribution is 7.98. The van der Waals surface area contributed by atoms with E-state index in [0.717, 1.165) is 21.1 Å². The number of thiazole rings is 1. The van der Waals surface area contributed by atoms with Crippen molar-refractivity contribution in [3.63, 3.8) is 0 Å². The van der Waals surface area contributed by atoms with Gasteiger partial charge < -0.3 is 15.6 Å². The van der Waals surface area contributed by atoms with Crippen LogP contribution >= 0.6 is 34.7 Å². The minimum Gasteiger partial charge on any atom is -0.475 e. The number of anilines is 1. The third-order valence-corrected chi connectivity index (χ3v) is 7.41. The van der Waals surface area contributed by atoms with E-state index in [2.05, 4.69) is 22.1 Å². The van der Waals surface area contributed by atoms with Crippen LogP contribution in [0.1, 0.15) is 21.7 Å². The van der Waals surface area contributed by atoms with E-state index in [1.54, 1.807) is 23.5 Å². The number of nitrogen functional groups attached to an aromatic ring is 1. The van der Waals surface area contributed by atoms with Gasteiger partial charge in [-0.3, -0.25) is 0 Å². The molecule has 0 saturated carbocycles. The zero-order valence-corrected chi connectivity index (χ0v) is 21.4. The molecule has 4 rings (SSSR count). The Bertz CT molecular complexity index is 1480. The SMILES string of the molecule is Cc1sc(-c2ccc(Cl)cc2)nc1CSc1nc(N)c(C#N)c(-c2ccc(OCCO)nc2)c1C#N. The number of rotatable bonds is 8. The van der Waals surface area contributed by atoms with Gasteiger partial charge in [-0.05, 0) is 25.1 Å². The predicted octanol–water partition coefficient (Wildman–Crippen LogP) is 5.22. The standard InChI is InChI=1S/C25H19ClN6O2S2/c1-14-20(31-24(36-14)15-2-5-17(26)6-3-15)13-35-25-19(11-28)22(18(10-27)23(29)32-25)16-4-7-21(30-12-16)34-9-8-33/h2-7,12,33H,8-9,13H2,1H3,(H2,29,32). The highest BCUT2D eigenvalue weighted by atomic mass is 35.5. The summed E-state index contributed by atoms with van der Waals surface area (Å²) in [7, 11) is 0. The van der Waals surface area contributed by atoms with Crippen molar-refractivity contribution in [1.82, 2.24) is 15.0 Å². The van der Waals surface area contributed by atoms with Crippen LogP contribution in [0, 0.1) is 29.6 Å². The maximum atomic E-state index is 10.0. The van der Waals surface area contributed by atoms with Gasteiger partial charge in [0.25, 0.3) is 0 Å². The Hall–Kier alpha value is -3.67. The van der Waals surface area contributed by atoms with Gasteiger partial charge in [-0.2, -0.15) is 10.5 Å². The summed E-state index contributed by atoms with van der Waals surface area (Å²) in [4.78, 5) is 14.4. The Morgan fingerprint density at radius 3 is 2.44 bits per heavy atom. The zero-order chi connectivity index (χ0) is 25.7. The van der Waals surface area contributed by atoms with Crippen molar-refractivity contribution in [1.29, 1.82) is 10.5 Å². The quantitative estimate of drug-likeness (QED) is 0.291. The topological polar surface area (TPSA) is 142 Å². The number of hydrogen-bond donors (Lipinski definition) is 2. The highest BCUT2D eigenvalue weighted by Gasteiger charge is 2.22. The second-order valence-electron chi connectivity index (χ2n) is 7.43. The lowest BCUT2D eigenvalue weighted by Gasteiger charge is -2.13. The van der Waals surface area contributed by atoms with E-state index in [0.29, 0.717) is 32.8 Å². The van der Waals surface area contributed by atoms with Gasteiger partial charge in [0.2, 0.25) is 5.88 Å². The summed E-state index contributed by atoms with van der Waals surface area (Å²) in [6, 6.07) is 15.0. The van der Waals surface area contributed by atoms with E-state index in [1.165, 1.54) is 18.0 Å². The first-order valence-corrected chi connectivity index (χ1v) is 12.8. The van der Waals surface area contributed by atoms with Gasteiger partial charge in [0.1, 0.15) is 40.2 Å². The van der Waals surface area contributed by atoms with Crippen molar-refractivity contribution >= 4 is 40.5 Å². The third-order valence-electron chi connectivity index (χ3n) is 5.11. The molecule has 11 heteroatoms. The molecule has 0 spiro atoms. The second kappa shape index (κ2) is 11.4. The lowest BCUT2D eigenvalue weighted by atomic mass is 9.98. The van der Waals surface area contributed by atoms with E-state index in [9.17, 15) is 10.5 Å². The van der Waals surface area contributed by atoms with E-state index < -0.39 is 0 Å². The van der Waals surface area contributed by atoms with Crippen LogP contribution in [0.2, 0.25) is 5.02 Å². The van der Waals surface area contributed by atoms with Crippen molar-refractivity contribution < 1.29 is 9.84 Å². The van der Waals surface area contributed by atoms with Crippen molar-refractivity contribution in [3.8, 4) is 39.7 Å². The lowest BCUT2D eigenvalue weighted by molar-refractivity contribution is 0.196. The number of aliphatic hydroxyl groups excluding tert-OH is 1. The van der Waals surface area contributed by atoms with Gasteiger partial charge in [-0.1, -0.05) is 35.5 Å². The Kier molecular flexibility index (Phi) is 8.04. The van der Waals surface area contributed by atoms with Crippen molar-refractivity contribution in [2.75, 3.05) is 18.9 Å². The van der Waals surface area contributed by atoms with Crippen LogP contribution in [0.15, 0.2) is 47.6 Å². The molecule has 0 atom stereocenters. The summed E-state index contributed by atoms with van der Waals surface area (Å²) in [5, 5.41) is 30.6. The van der Waals surface area contributed by atoms with Gasteiger partial charge in [-0.25, -0.2) is 15.0 Å². The fourth-order valence-electron chi connectivity index (χ4n) is 3.37. The van der Waals surface area contributed by atoms with Gasteiger partial charge in [0.15, 0.2) is 0 Å². The number of nitrogens with zero attached hydrogens (tertiary/aromatic N) is 5. The van der Waals surface area contributed by atoms with Crippen molar-refractivity contribution in [3.05, 3.63) is 69.3 Å². The molecule has 3 heterocycles. The summed E-state index contributed by atoms with van der Waals surface area (Å²) in [6.07, 6.45) is 1.50. The average Bonchev–Trinajstić information content (AvgIpc) is 3.26. The van der Waals surface area contributed by atoms with Gasteiger partial charge in [0, 0.05) is 44.6 Å². The molecule has 4 aromatic rings. The summed E-state index contributed by atoms with van der Waals surface area (Å²) in [6.45, 7) is 1.97. The first kappa shape index (κ1) is 25.4. The molecule has 0 aliphatic heterocycles. The molecule has 180 valence electrons. The first-order chi connectivity index (χ1) is 17.4. The number of ether oxygens (including phenoxy) is 1.